The van der Waals surface area contributed by atoms with Gasteiger partial charge in [0.2, 0.25) is 0 Å². The number of aliphatic hydroxyl groups excluding tert-OH is 1. The van der Waals surface area contributed by atoms with E-state index in [2.05, 4.69) is 15.6 Å². The SMILES string of the molecule is C[C@H](/C=C/CCn1cc(CCO)nn1)[C@@]1(O)C(=O)N(Cc2ccc(NC(=O)c3ccc(N)cc3)cc2)c2ccccc21. The molecule has 0 spiro atoms. The number of rotatable bonds is 11. The van der Waals surface area contributed by atoms with E-state index in [1.807, 2.05) is 49.4 Å². The van der Waals surface area contributed by atoms with Crippen LogP contribution in [0.15, 0.2) is 91.1 Å². The first kappa shape index (κ1) is 28.7. The number of anilines is 3. The van der Waals surface area contributed by atoms with Crippen molar-refractivity contribution in [2.24, 2.45) is 5.92 Å². The molecule has 0 bridgehead atoms. The van der Waals surface area contributed by atoms with Gasteiger partial charge in [0.1, 0.15) is 0 Å². The average Bonchev–Trinajstić information content (AvgIpc) is 3.53. The van der Waals surface area contributed by atoms with Gasteiger partial charge in [-0.25, -0.2) is 0 Å². The third-order valence-electron chi connectivity index (χ3n) is 7.46. The van der Waals surface area contributed by atoms with Crippen LogP contribution < -0.4 is 16.0 Å². The molecule has 4 aromatic rings. The number of aryl methyl sites for hydroxylation is 1. The first-order chi connectivity index (χ1) is 20.3. The number of nitrogens with two attached hydrogens (primary N) is 1. The van der Waals surface area contributed by atoms with Crippen LogP contribution in [0.5, 0.6) is 0 Å². The molecule has 3 aromatic carbocycles. The zero-order valence-electron chi connectivity index (χ0n) is 23.4. The summed E-state index contributed by atoms with van der Waals surface area (Å²) in [5.41, 5.74) is 8.53. The predicted octanol–water partition coefficient (Wildman–Crippen LogP) is 3.66. The highest BCUT2D eigenvalue weighted by Crippen LogP contribution is 2.45. The first-order valence-corrected chi connectivity index (χ1v) is 13.9. The Hall–Kier alpha value is -4.80. The van der Waals surface area contributed by atoms with Crippen LogP contribution in [-0.2, 0) is 29.9 Å². The molecule has 1 aliphatic rings. The molecule has 42 heavy (non-hydrogen) atoms. The number of allylic oxidation sites excluding steroid dienone is 1. The van der Waals surface area contributed by atoms with Gasteiger partial charge in [0.15, 0.2) is 5.60 Å². The Morgan fingerprint density at radius 2 is 1.83 bits per heavy atom. The minimum atomic E-state index is -1.71. The van der Waals surface area contributed by atoms with Gasteiger partial charge in [0, 0.05) is 54.2 Å². The highest BCUT2D eigenvalue weighted by Gasteiger charge is 2.52. The number of nitrogens with zero attached hydrogens (tertiary/aromatic N) is 4. The van der Waals surface area contributed by atoms with Gasteiger partial charge in [-0.2, -0.15) is 0 Å². The Labute approximate surface area is 244 Å². The Balaban J connectivity index is 1.25. The number of aromatic nitrogens is 3. The van der Waals surface area contributed by atoms with Crippen molar-refractivity contribution in [3.8, 4) is 0 Å². The Kier molecular flexibility index (Phi) is 8.46. The lowest BCUT2D eigenvalue weighted by atomic mass is 9.83. The average molecular weight is 567 g/mol. The van der Waals surface area contributed by atoms with Gasteiger partial charge in [-0.3, -0.25) is 14.3 Å². The van der Waals surface area contributed by atoms with Gasteiger partial charge >= 0.3 is 0 Å². The van der Waals surface area contributed by atoms with E-state index in [9.17, 15) is 14.7 Å². The summed E-state index contributed by atoms with van der Waals surface area (Å²) in [5, 5.41) is 31.8. The van der Waals surface area contributed by atoms with E-state index in [1.165, 1.54) is 0 Å². The number of hydrogen-bond acceptors (Lipinski definition) is 7. The van der Waals surface area contributed by atoms with Crippen LogP contribution in [-0.4, -0.2) is 43.6 Å². The fourth-order valence-electron chi connectivity index (χ4n) is 5.10. The molecular weight excluding hydrogens is 532 g/mol. The van der Waals surface area contributed by atoms with Crippen LogP contribution in [0.3, 0.4) is 0 Å². The van der Waals surface area contributed by atoms with E-state index in [0.717, 1.165) is 11.3 Å². The number of benzene rings is 3. The summed E-state index contributed by atoms with van der Waals surface area (Å²) in [7, 11) is 0. The van der Waals surface area contributed by atoms with Crippen molar-refractivity contribution in [2.45, 2.75) is 38.5 Å². The number of para-hydroxylation sites is 1. The van der Waals surface area contributed by atoms with Gasteiger partial charge in [-0.1, -0.05) is 54.6 Å². The van der Waals surface area contributed by atoms with E-state index in [0.29, 0.717) is 47.6 Å². The molecule has 0 saturated heterocycles. The van der Waals surface area contributed by atoms with Crippen molar-refractivity contribution in [3.63, 3.8) is 0 Å². The molecule has 2 amide bonds. The fraction of sp³-hybridized carbons (Fsp3) is 0.250. The second-order valence-electron chi connectivity index (χ2n) is 10.4. The number of amides is 2. The van der Waals surface area contributed by atoms with Gasteiger partial charge in [-0.15, -0.1) is 5.10 Å². The first-order valence-electron chi connectivity index (χ1n) is 13.9. The van der Waals surface area contributed by atoms with Crippen molar-refractivity contribution < 1.29 is 19.8 Å². The summed E-state index contributed by atoms with van der Waals surface area (Å²) in [6, 6.07) is 21.3. The van der Waals surface area contributed by atoms with Crippen molar-refractivity contribution in [3.05, 3.63) is 114 Å². The summed E-state index contributed by atoms with van der Waals surface area (Å²) in [6.45, 7) is 2.72. The van der Waals surface area contributed by atoms with Crippen LogP contribution >= 0.6 is 0 Å². The molecule has 2 atom stereocenters. The van der Waals surface area contributed by atoms with E-state index in [4.69, 9.17) is 10.8 Å². The molecule has 1 aliphatic heterocycles. The molecule has 10 heteroatoms. The quantitative estimate of drug-likeness (QED) is 0.160. The Morgan fingerprint density at radius 3 is 2.57 bits per heavy atom. The summed E-state index contributed by atoms with van der Waals surface area (Å²) in [5.74, 6) is -1.11. The minimum absolute atomic E-state index is 0.0239. The van der Waals surface area contributed by atoms with E-state index >= 15 is 0 Å². The molecule has 5 N–H and O–H groups in total. The summed E-state index contributed by atoms with van der Waals surface area (Å²) >= 11 is 0. The van der Waals surface area contributed by atoms with Crippen molar-refractivity contribution in [2.75, 3.05) is 22.6 Å². The normalized spacial score (nSPS) is 17.0. The molecule has 1 aromatic heterocycles. The maximum Gasteiger partial charge on any atom is 0.264 e. The molecule has 2 heterocycles. The van der Waals surface area contributed by atoms with Gasteiger partial charge in [-0.05, 0) is 54.4 Å². The molecule has 10 nitrogen and oxygen atoms in total. The zero-order valence-corrected chi connectivity index (χ0v) is 23.4. The minimum Gasteiger partial charge on any atom is -0.399 e. The number of aliphatic hydroxyl groups is 2. The Bertz CT molecular complexity index is 1580. The monoisotopic (exact) mass is 566 g/mol. The molecule has 5 rings (SSSR count). The topological polar surface area (TPSA) is 147 Å². The summed E-state index contributed by atoms with van der Waals surface area (Å²) in [4.78, 5) is 27.9. The molecule has 0 unspecified atom stereocenters. The molecular formula is C32H34N6O4. The number of hydrogen-bond donors (Lipinski definition) is 4. The summed E-state index contributed by atoms with van der Waals surface area (Å²) in [6.07, 6.45) is 6.70. The lowest BCUT2D eigenvalue weighted by Crippen LogP contribution is -2.44. The standard InChI is InChI=1S/C32H34N6O4/c1-22(6-4-5-18-37-21-27(17-19-39)35-36-37)32(42)28-7-2-3-8-29(28)38(31(32)41)20-23-9-15-26(16-10-23)34-30(40)24-11-13-25(33)14-12-24/h2-4,6-16,21-22,39,42H,5,17-20,33H2,1H3,(H,34,40)/b6-4+/t22-,32+/m1/s1. The number of fused-ring (bicyclic) bond motifs is 1. The van der Waals surface area contributed by atoms with Crippen LogP contribution in [0.25, 0.3) is 0 Å². The molecule has 0 aliphatic carbocycles. The number of carbonyl (C=O) groups is 2. The molecule has 0 fully saturated rings. The fourth-order valence-corrected chi connectivity index (χ4v) is 5.10. The molecule has 216 valence electrons. The van der Waals surface area contributed by atoms with Gasteiger partial charge in [0.25, 0.3) is 11.8 Å². The highest BCUT2D eigenvalue weighted by molar-refractivity contribution is 6.07. The van der Waals surface area contributed by atoms with Crippen molar-refractivity contribution >= 4 is 28.9 Å². The maximum atomic E-state index is 13.8. The van der Waals surface area contributed by atoms with E-state index in [1.54, 1.807) is 58.2 Å². The predicted molar refractivity (Wildman–Crippen MR) is 161 cm³/mol. The molecule has 0 saturated carbocycles. The zero-order chi connectivity index (χ0) is 29.7. The third-order valence-corrected chi connectivity index (χ3v) is 7.46. The van der Waals surface area contributed by atoms with Gasteiger partial charge < -0.3 is 26.2 Å². The van der Waals surface area contributed by atoms with Crippen LogP contribution in [0.1, 0.15) is 40.5 Å². The van der Waals surface area contributed by atoms with Crippen LogP contribution in [0.4, 0.5) is 17.1 Å². The second kappa shape index (κ2) is 12.4. The lowest BCUT2D eigenvalue weighted by molar-refractivity contribution is -0.139. The summed E-state index contributed by atoms with van der Waals surface area (Å²) < 4.78 is 1.71. The lowest BCUT2D eigenvalue weighted by Gasteiger charge is -2.27. The van der Waals surface area contributed by atoms with E-state index < -0.39 is 11.5 Å². The van der Waals surface area contributed by atoms with Crippen LogP contribution in [0, 0.1) is 5.92 Å². The van der Waals surface area contributed by atoms with Gasteiger partial charge in [0.05, 0.1) is 17.9 Å². The van der Waals surface area contributed by atoms with Crippen LogP contribution in [0.2, 0.25) is 0 Å². The second-order valence-corrected chi connectivity index (χ2v) is 10.4. The van der Waals surface area contributed by atoms with Crippen molar-refractivity contribution in [1.29, 1.82) is 0 Å². The highest BCUT2D eigenvalue weighted by atomic mass is 16.3. The van der Waals surface area contributed by atoms with E-state index in [-0.39, 0.29) is 25.0 Å². The third kappa shape index (κ3) is 5.95. The number of carbonyl (C=O) groups excluding carboxylic acids is 2. The smallest absolute Gasteiger partial charge is 0.264 e. The maximum absolute atomic E-state index is 13.8. The number of nitrogen functional groups attached to an aromatic ring is 1. The molecule has 0 radical (unpaired) electrons. The van der Waals surface area contributed by atoms with Crippen molar-refractivity contribution in [1.82, 2.24) is 15.0 Å². The Morgan fingerprint density at radius 1 is 1.10 bits per heavy atom. The largest absolute Gasteiger partial charge is 0.399 e. The number of nitrogens with one attached hydrogen (secondary N) is 1.